The van der Waals surface area contributed by atoms with Gasteiger partial charge < -0.3 is 24.9 Å². The number of hydrogen-bond acceptors (Lipinski definition) is 5. The highest BCUT2D eigenvalue weighted by Crippen LogP contribution is 2.28. The summed E-state index contributed by atoms with van der Waals surface area (Å²) in [6, 6.07) is 11.0. The maximum absolute atomic E-state index is 9.62. The number of aliphatic hydroxyl groups excluding tert-OH is 2. The van der Waals surface area contributed by atoms with E-state index in [1.54, 1.807) is 13.8 Å². The molecule has 0 spiro atoms. The maximum Gasteiger partial charge on any atom is 0.135 e. The number of aromatic amines is 2. The predicted molar refractivity (Wildman–Crippen MR) is 93.5 cm³/mol. The van der Waals surface area contributed by atoms with Crippen LogP contribution in [0.3, 0.4) is 0 Å². The van der Waals surface area contributed by atoms with E-state index in [-0.39, 0.29) is 0 Å². The molecule has 0 unspecified atom stereocenters. The number of rotatable bonds is 4. The predicted octanol–water partition coefficient (Wildman–Crippen LogP) is 3.34. The van der Waals surface area contributed by atoms with Gasteiger partial charge in [-0.25, -0.2) is 9.97 Å². The smallest absolute Gasteiger partial charge is 0.135 e. The number of aliphatic hydroxyl groups is 2. The number of H-pyrrole nitrogens is 2. The fourth-order valence-electron chi connectivity index (χ4n) is 2.68. The standard InChI is InChI=1S/C18H18N4O3/c1-9(23)17-19-13-5-3-11(7-15(13)21-17)25-12-4-6-14-16(8-12)22-18(20-14)10(2)24/h3-10,23-24H,1-2H3,(H,19,21)(H,20,22)/t9-,10+. The van der Waals surface area contributed by atoms with Crippen LogP contribution in [0.2, 0.25) is 0 Å². The van der Waals surface area contributed by atoms with Gasteiger partial charge in [0.2, 0.25) is 0 Å². The van der Waals surface area contributed by atoms with Crippen LogP contribution in [-0.2, 0) is 0 Å². The van der Waals surface area contributed by atoms with Gasteiger partial charge in [-0.05, 0) is 38.1 Å². The van der Waals surface area contributed by atoms with Crippen LogP contribution in [0.5, 0.6) is 11.5 Å². The summed E-state index contributed by atoms with van der Waals surface area (Å²) in [5.74, 6) is 2.36. The van der Waals surface area contributed by atoms with Gasteiger partial charge in [0.15, 0.2) is 0 Å². The van der Waals surface area contributed by atoms with E-state index in [2.05, 4.69) is 19.9 Å². The van der Waals surface area contributed by atoms with Crippen molar-refractivity contribution in [1.82, 2.24) is 19.9 Å². The van der Waals surface area contributed by atoms with E-state index in [9.17, 15) is 10.2 Å². The molecule has 25 heavy (non-hydrogen) atoms. The molecule has 0 amide bonds. The second-order valence-electron chi connectivity index (χ2n) is 6.06. The minimum Gasteiger partial charge on any atom is -0.457 e. The minimum atomic E-state index is -0.650. The van der Waals surface area contributed by atoms with Crippen LogP contribution in [0, 0.1) is 0 Å². The highest BCUT2D eigenvalue weighted by molar-refractivity contribution is 5.78. The van der Waals surface area contributed by atoms with Crippen LogP contribution in [0.4, 0.5) is 0 Å². The van der Waals surface area contributed by atoms with E-state index in [4.69, 9.17) is 4.74 Å². The molecule has 4 N–H and O–H groups in total. The fourth-order valence-corrected chi connectivity index (χ4v) is 2.68. The lowest BCUT2D eigenvalue weighted by Crippen LogP contribution is -1.92. The van der Waals surface area contributed by atoms with Gasteiger partial charge >= 0.3 is 0 Å². The summed E-state index contributed by atoms with van der Waals surface area (Å²) in [7, 11) is 0. The van der Waals surface area contributed by atoms with Crippen molar-refractivity contribution in [3.8, 4) is 11.5 Å². The number of benzene rings is 2. The summed E-state index contributed by atoms with van der Waals surface area (Å²) in [5.41, 5.74) is 3.14. The van der Waals surface area contributed by atoms with E-state index >= 15 is 0 Å². The third-order valence-corrected chi connectivity index (χ3v) is 3.97. The molecular weight excluding hydrogens is 320 g/mol. The van der Waals surface area contributed by atoms with Gasteiger partial charge in [-0.2, -0.15) is 0 Å². The van der Waals surface area contributed by atoms with Crippen molar-refractivity contribution < 1.29 is 14.9 Å². The van der Waals surface area contributed by atoms with Gasteiger partial charge in [-0.3, -0.25) is 0 Å². The SMILES string of the molecule is C[C@H](O)c1nc2ccc(Oc3ccc4nc([C@@H](C)O)[nH]c4c3)cc2[nH]1. The Hall–Kier alpha value is -2.90. The van der Waals surface area contributed by atoms with E-state index in [1.807, 2.05) is 36.4 Å². The van der Waals surface area contributed by atoms with E-state index in [0.29, 0.717) is 23.1 Å². The summed E-state index contributed by atoms with van der Waals surface area (Å²) < 4.78 is 5.91. The zero-order valence-electron chi connectivity index (χ0n) is 13.8. The van der Waals surface area contributed by atoms with Gasteiger partial charge in [0.1, 0.15) is 35.4 Å². The molecule has 0 aliphatic heterocycles. The van der Waals surface area contributed by atoms with Crippen LogP contribution in [0.25, 0.3) is 22.1 Å². The van der Waals surface area contributed by atoms with Crippen LogP contribution in [0.15, 0.2) is 36.4 Å². The maximum atomic E-state index is 9.62. The Morgan fingerprint density at radius 3 is 1.64 bits per heavy atom. The molecule has 2 atom stereocenters. The summed E-state index contributed by atoms with van der Waals surface area (Å²) in [6.45, 7) is 3.33. The molecule has 7 nitrogen and oxygen atoms in total. The third-order valence-electron chi connectivity index (χ3n) is 3.97. The molecule has 4 rings (SSSR count). The zero-order valence-corrected chi connectivity index (χ0v) is 13.8. The van der Waals surface area contributed by atoms with Crippen molar-refractivity contribution in [2.45, 2.75) is 26.1 Å². The van der Waals surface area contributed by atoms with Gasteiger partial charge in [0.25, 0.3) is 0 Å². The number of aromatic nitrogens is 4. The summed E-state index contributed by atoms with van der Waals surface area (Å²) in [5, 5.41) is 19.2. The topological polar surface area (TPSA) is 107 Å². The van der Waals surface area contributed by atoms with Crippen molar-refractivity contribution in [2.24, 2.45) is 0 Å². The minimum absolute atomic E-state index is 0.525. The van der Waals surface area contributed by atoms with Crippen molar-refractivity contribution in [3.63, 3.8) is 0 Å². The summed E-state index contributed by atoms with van der Waals surface area (Å²) in [6.07, 6.45) is -1.30. The molecule has 4 aromatic rings. The molecule has 0 saturated carbocycles. The molecule has 0 bridgehead atoms. The number of ether oxygens (including phenoxy) is 1. The molecule has 0 saturated heterocycles. The molecule has 0 fully saturated rings. The lowest BCUT2D eigenvalue weighted by molar-refractivity contribution is 0.190. The second kappa shape index (κ2) is 5.87. The first-order chi connectivity index (χ1) is 12.0. The normalized spacial score (nSPS) is 14.1. The molecule has 7 heteroatoms. The Balaban J connectivity index is 1.64. The number of nitrogens with one attached hydrogen (secondary N) is 2. The van der Waals surface area contributed by atoms with Crippen LogP contribution in [0.1, 0.15) is 37.7 Å². The lowest BCUT2D eigenvalue weighted by Gasteiger charge is -2.05. The first-order valence-corrected chi connectivity index (χ1v) is 8.03. The summed E-state index contributed by atoms with van der Waals surface area (Å²) in [4.78, 5) is 14.8. The average molecular weight is 338 g/mol. The Kier molecular flexibility index (Phi) is 3.67. The monoisotopic (exact) mass is 338 g/mol. The first kappa shape index (κ1) is 15.6. The van der Waals surface area contributed by atoms with E-state index in [0.717, 1.165) is 22.1 Å². The highest BCUT2D eigenvalue weighted by atomic mass is 16.5. The van der Waals surface area contributed by atoms with Crippen molar-refractivity contribution in [1.29, 1.82) is 0 Å². The van der Waals surface area contributed by atoms with Crippen molar-refractivity contribution in [3.05, 3.63) is 48.0 Å². The Bertz CT molecular complexity index is 965. The van der Waals surface area contributed by atoms with Gasteiger partial charge in [0, 0.05) is 12.1 Å². The molecule has 2 aromatic carbocycles. The zero-order chi connectivity index (χ0) is 17.6. The van der Waals surface area contributed by atoms with Crippen LogP contribution >= 0.6 is 0 Å². The molecular formula is C18H18N4O3. The molecule has 128 valence electrons. The molecule has 2 aromatic heterocycles. The second-order valence-corrected chi connectivity index (χ2v) is 6.06. The Morgan fingerprint density at radius 1 is 0.800 bits per heavy atom. The Labute approximate surface area is 143 Å². The molecule has 0 aliphatic carbocycles. The number of fused-ring (bicyclic) bond motifs is 2. The molecule has 0 radical (unpaired) electrons. The van der Waals surface area contributed by atoms with Crippen molar-refractivity contribution in [2.75, 3.05) is 0 Å². The Morgan fingerprint density at radius 2 is 1.24 bits per heavy atom. The largest absolute Gasteiger partial charge is 0.457 e. The quantitative estimate of drug-likeness (QED) is 0.456. The fraction of sp³-hybridized carbons (Fsp3) is 0.222. The van der Waals surface area contributed by atoms with E-state index < -0.39 is 12.2 Å². The van der Waals surface area contributed by atoms with Gasteiger partial charge in [-0.15, -0.1) is 0 Å². The molecule has 2 heterocycles. The van der Waals surface area contributed by atoms with Gasteiger partial charge in [0.05, 0.1) is 22.1 Å². The lowest BCUT2D eigenvalue weighted by atomic mass is 10.3. The number of nitrogens with zero attached hydrogens (tertiary/aromatic N) is 2. The van der Waals surface area contributed by atoms with Gasteiger partial charge in [-0.1, -0.05) is 0 Å². The van der Waals surface area contributed by atoms with Crippen LogP contribution < -0.4 is 4.74 Å². The highest BCUT2D eigenvalue weighted by Gasteiger charge is 2.10. The van der Waals surface area contributed by atoms with Crippen molar-refractivity contribution >= 4 is 22.1 Å². The van der Waals surface area contributed by atoms with E-state index in [1.165, 1.54) is 0 Å². The number of imidazole rings is 2. The van der Waals surface area contributed by atoms with Crippen LogP contribution in [-0.4, -0.2) is 30.1 Å². The third kappa shape index (κ3) is 2.95. The molecule has 0 aliphatic rings. The number of hydrogen-bond donors (Lipinski definition) is 4. The first-order valence-electron chi connectivity index (χ1n) is 8.03. The summed E-state index contributed by atoms with van der Waals surface area (Å²) >= 11 is 0. The average Bonchev–Trinajstić information content (AvgIpc) is 3.17.